The van der Waals surface area contributed by atoms with Crippen molar-refractivity contribution in [3.63, 3.8) is 0 Å². The molecule has 0 aromatic heterocycles. The molecule has 370 valence electrons. The number of carbonyl (C=O) groups excluding carboxylic acids is 1. The number of nitrogens with one attached hydrogen (secondary N) is 1. The molecular formula is C49H92NO12P. The van der Waals surface area contributed by atoms with E-state index in [0.717, 1.165) is 44.9 Å². The fraction of sp³-hybridized carbons (Fsp3) is 0.857. The molecule has 1 fully saturated rings. The van der Waals surface area contributed by atoms with Gasteiger partial charge in [0.25, 0.3) is 0 Å². The van der Waals surface area contributed by atoms with Gasteiger partial charge in [-0.15, -0.1) is 0 Å². The zero-order valence-corrected chi connectivity index (χ0v) is 40.1. The molecule has 0 bridgehead atoms. The highest BCUT2D eigenvalue weighted by Gasteiger charge is 2.51. The van der Waals surface area contributed by atoms with Crippen LogP contribution in [-0.4, -0.2) is 108 Å². The van der Waals surface area contributed by atoms with Crippen molar-refractivity contribution in [3.8, 4) is 0 Å². The van der Waals surface area contributed by atoms with Gasteiger partial charge in [0, 0.05) is 0 Å². The van der Waals surface area contributed by atoms with Crippen LogP contribution < -0.4 is 5.32 Å². The third-order valence-electron chi connectivity index (χ3n) is 12.0. The normalized spacial score (nSPS) is 23.1. The highest BCUT2D eigenvalue weighted by Crippen LogP contribution is 2.47. The highest BCUT2D eigenvalue weighted by molar-refractivity contribution is 7.47. The maximum atomic E-state index is 13.0. The first-order valence-corrected chi connectivity index (χ1v) is 26.5. The molecule has 8 atom stereocenters. The average molecular weight is 918 g/mol. The first-order chi connectivity index (χ1) is 30.3. The van der Waals surface area contributed by atoms with Crippen molar-refractivity contribution < 1.29 is 59.0 Å². The largest absolute Gasteiger partial charge is 0.472 e. The predicted octanol–water partition coefficient (Wildman–Crippen LogP) is 8.92. The van der Waals surface area contributed by atoms with Crippen LogP contribution in [0.5, 0.6) is 0 Å². The van der Waals surface area contributed by atoms with Crippen LogP contribution in [-0.2, 0) is 18.4 Å². The Labute approximate surface area is 381 Å². The summed E-state index contributed by atoms with van der Waals surface area (Å²) in [4.78, 5) is 23.5. The van der Waals surface area contributed by atoms with Gasteiger partial charge in [-0.1, -0.05) is 192 Å². The Hall–Kier alpha value is -1.48. The van der Waals surface area contributed by atoms with E-state index < -0.39 is 75.2 Å². The number of phosphoric acid groups is 1. The number of aliphatic hydroxyl groups is 7. The number of hydrogen-bond acceptors (Lipinski definition) is 11. The van der Waals surface area contributed by atoms with Crippen LogP contribution in [0.4, 0.5) is 0 Å². The van der Waals surface area contributed by atoms with Crippen molar-refractivity contribution in [3.05, 3.63) is 36.5 Å². The number of carbonyl (C=O) groups is 1. The Balaban J connectivity index is 2.55. The minimum atomic E-state index is -5.15. The number of phosphoric ester groups is 1. The van der Waals surface area contributed by atoms with E-state index in [1.54, 1.807) is 6.08 Å². The lowest BCUT2D eigenvalue weighted by atomic mass is 9.85. The molecule has 0 aliphatic heterocycles. The van der Waals surface area contributed by atoms with Gasteiger partial charge in [-0.05, 0) is 44.9 Å². The number of hydrogen-bond donors (Lipinski definition) is 9. The van der Waals surface area contributed by atoms with Crippen LogP contribution in [0.15, 0.2) is 36.5 Å². The van der Waals surface area contributed by atoms with Crippen LogP contribution in [0.3, 0.4) is 0 Å². The molecule has 1 saturated carbocycles. The van der Waals surface area contributed by atoms with Crippen LogP contribution >= 0.6 is 7.82 Å². The fourth-order valence-corrected chi connectivity index (χ4v) is 8.83. The molecule has 0 spiro atoms. The Bertz CT molecular complexity index is 1220. The summed E-state index contributed by atoms with van der Waals surface area (Å²) in [6.07, 6.45) is 30.9. The maximum Gasteiger partial charge on any atom is 0.472 e. The van der Waals surface area contributed by atoms with E-state index in [0.29, 0.717) is 19.3 Å². The van der Waals surface area contributed by atoms with Crippen LogP contribution in [0.2, 0.25) is 0 Å². The van der Waals surface area contributed by atoms with Gasteiger partial charge in [-0.3, -0.25) is 13.8 Å². The molecular weight excluding hydrogens is 826 g/mol. The summed E-state index contributed by atoms with van der Waals surface area (Å²) in [5.74, 6) is -0.605. The molecule has 0 heterocycles. The predicted molar refractivity (Wildman–Crippen MR) is 252 cm³/mol. The summed E-state index contributed by atoms with van der Waals surface area (Å²) in [5, 5.41) is 74.5. The molecule has 0 aromatic carbocycles. The first kappa shape index (κ1) is 59.5. The van der Waals surface area contributed by atoms with Crippen molar-refractivity contribution >= 4 is 13.7 Å². The Morgan fingerprint density at radius 2 is 0.937 bits per heavy atom. The standard InChI is InChI=1S/C49H92NO12P/c1-3-5-7-9-11-13-15-17-19-20-21-22-23-25-27-29-31-33-35-37-42(52)41(39-61-63(59,60)62-49-47(57)45(55)44(54)46(56)48(49)58)50-43(53)38-40(51)36-34-32-30-28-26-24-18-16-14-12-10-8-6-4-2/h21-22,27,29,35,37,40-42,44-49,51-52,54-58H,3-20,23-26,28,30-34,36,38-39H2,1-2H3,(H,50,53)(H,59,60)/b22-21+,29-27+,37-35+. The lowest BCUT2D eigenvalue weighted by molar-refractivity contribution is -0.220. The summed E-state index contributed by atoms with van der Waals surface area (Å²) in [7, 11) is -5.15. The molecule has 63 heavy (non-hydrogen) atoms. The molecule has 8 unspecified atom stereocenters. The number of rotatable bonds is 41. The molecule has 1 rings (SSSR count). The number of allylic oxidation sites excluding steroid dienone is 5. The number of amides is 1. The fourth-order valence-electron chi connectivity index (χ4n) is 7.86. The minimum absolute atomic E-state index is 0.254. The second kappa shape index (κ2) is 38.6. The third kappa shape index (κ3) is 30.4. The minimum Gasteiger partial charge on any atom is -0.393 e. The van der Waals surface area contributed by atoms with Gasteiger partial charge >= 0.3 is 7.82 Å². The van der Waals surface area contributed by atoms with Crippen LogP contribution in [0, 0.1) is 0 Å². The summed E-state index contributed by atoms with van der Waals surface area (Å²) in [6, 6.07) is -1.26. The quantitative estimate of drug-likeness (QED) is 0.0159. The highest BCUT2D eigenvalue weighted by atomic mass is 31.2. The smallest absolute Gasteiger partial charge is 0.393 e. The molecule has 0 aromatic rings. The maximum absolute atomic E-state index is 13.0. The van der Waals surface area contributed by atoms with E-state index in [1.165, 1.54) is 128 Å². The van der Waals surface area contributed by atoms with Gasteiger partial charge in [0.15, 0.2) is 0 Å². The van der Waals surface area contributed by atoms with Gasteiger partial charge in [0.05, 0.1) is 31.3 Å². The lowest BCUT2D eigenvalue weighted by Gasteiger charge is -2.41. The summed E-state index contributed by atoms with van der Waals surface area (Å²) < 4.78 is 22.9. The van der Waals surface area contributed by atoms with E-state index >= 15 is 0 Å². The van der Waals surface area contributed by atoms with Crippen molar-refractivity contribution in [2.45, 2.75) is 261 Å². The molecule has 0 saturated heterocycles. The van der Waals surface area contributed by atoms with E-state index in [4.69, 9.17) is 9.05 Å². The molecule has 1 aliphatic carbocycles. The molecule has 0 radical (unpaired) electrons. The first-order valence-electron chi connectivity index (χ1n) is 25.0. The van der Waals surface area contributed by atoms with E-state index in [2.05, 4.69) is 43.5 Å². The van der Waals surface area contributed by atoms with Gasteiger partial charge in [-0.25, -0.2) is 4.57 Å². The van der Waals surface area contributed by atoms with Gasteiger partial charge in [0.2, 0.25) is 5.91 Å². The van der Waals surface area contributed by atoms with Crippen LogP contribution in [0.25, 0.3) is 0 Å². The Morgan fingerprint density at radius 3 is 1.40 bits per heavy atom. The van der Waals surface area contributed by atoms with E-state index in [1.807, 2.05) is 0 Å². The Kier molecular flexibility index (Phi) is 36.5. The van der Waals surface area contributed by atoms with Crippen molar-refractivity contribution in [1.82, 2.24) is 5.32 Å². The molecule has 9 N–H and O–H groups in total. The average Bonchev–Trinajstić information content (AvgIpc) is 3.26. The molecule has 14 heteroatoms. The lowest BCUT2D eigenvalue weighted by Crippen LogP contribution is -2.64. The van der Waals surface area contributed by atoms with Gasteiger partial charge < -0.3 is 46.0 Å². The van der Waals surface area contributed by atoms with Gasteiger partial charge in [-0.2, -0.15) is 0 Å². The third-order valence-corrected chi connectivity index (χ3v) is 12.9. The second-order valence-corrected chi connectivity index (χ2v) is 19.2. The Morgan fingerprint density at radius 1 is 0.556 bits per heavy atom. The zero-order valence-electron chi connectivity index (χ0n) is 39.2. The van der Waals surface area contributed by atoms with Crippen molar-refractivity contribution in [2.75, 3.05) is 6.61 Å². The second-order valence-electron chi connectivity index (χ2n) is 17.8. The summed E-state index contributed by atoms with van der Waals surface area (Å²) in [5.41, 5.74) is 0. The van der Waals surface area contributed by atoms with Crippen molar-refractivity contribution in [2.24, 2.45) is 0 Å². The molecule has 1 aliphatic rings. The number of unbranched alkanes of at least 4 members (excludes halogenated alkanes) is 24. The van der Waals surface area contributed by atoms with Crippen LogP contribution in [0.1, 0.15) is 206 Å². The topological polar surface area (TPSA) is 226 Å². The molecule has 1 amide bonds. The monoisotopic (exact) mass is 918 g/mol. The SMILES string of the molecule is CCCCCCCCCCC/C=C/CC/C=C/CC/C=C/C(O)C(COP(=O)(O)OC1C(O)C(O)C(O)C(O)C1O)NC(=O)CC(O)CCCCCCCCCCCCCCCC. The zero-order chi connectivity index (χ0) is 46.6. The summed E-state index contributed by atoms with van der Waals surface area (Å²) in [6.45, 7) is 3.73. The number of aliphatic hydroxyl groups excluding tert-OH is 7. The van der Waals surface area contributed by atoms with Crippen molar-refractivity contribution in [1.29, 1.82) is 0 Å². The van der Waals surface area contributed by atoms with E-state index in [9.17, 15) is 50.0 Å². The van der Waals surface area contributed by atoms with E-state index in [-0.39, 0.29) is 6.42 Å². The molecule has 13 nitrogen and oxygen atoms in total. The van der Waals surface area contributed by atoms with Gasteiger partial charge in [0.1, 0.15) is 36.6 Å². The summed E-state index contributed by atoms with van der Waals surface area (Å²) >= 11 is 0.